The van der Waals surface area contributed by atoms with Crippen molar-refractivity contribution in [2.24, 2.45) is 11.0 Å². The van der Waals surface area contributed by atoms with Gasteiger partial charge in [0.15, 0.2) is 0 Å². The van der Waals surface area contributed by atoms with Crippen LogP contribution in [0, 0.1) is 5.92 Å². The van der Waals surface area contributed by atoms with Crippen LogP contribution in [0.2, 0.25) is 15.1 Å². The summed E-state index contributed by atoms with van der Waals surface area (Å²) in [6, 6.07) is 2.93. The second kappa shape index (κ2) is 5.60. The molecule has 5 nitrogen and oxygen atoms in total. The first-order chi connectivity index (χ1) is 9.31. The maximum atomic E-state index is 12.2. The number of carbonyl (C=O) groups excluding carboxylic acids is 2. The Hall–Kier alpha value is -1.30. The number of nitrogens with one attached hydrogen (secondary N) is 1. The summed E-state index contributed by atoms with van der Waals surface area (Å²) in [5.74, 6) is -0.968. The Balaban J connectivity index is 2.46. The van der Waals surface area contributed by atoms with Gasteiger partial charge in [-0.3, -0.25) is 9.59 Å². The van der Waals surface area contributed by atoms with Crippen molar-refractivity contribution >= 4 is 58.1 Å². The van der Waals surface area contributed by atoms with Crippen molar-refractivity contribution in [2.45, 2.75) is 13.8 Å². The van der Waals surface area contributed by atoms with Gasteiger partial charge in [-0.05, 0) is 19.1 Å². The highest BCUT2D eigenvalue weighted by atomic mass is 35.5. The van der Waals surface area contributed by atoms with Crippen LogP contribution in [0.5, 0.6) is 0 Å². The summed E-state index contributed by atoms with van der Waals surface area (Å²) in [5, 5.41) is 8.42. The van der Waals surface area contributed by atoms with Crippen molar-refractivity contribution in [3.63, 3.8) is 0 Å². The number of rotatable bonds is 1. The topological polar surface area (TPSA) is 61.8 Å². The lowest BCUT2D eigenvalue weighted by molar-refractivity contribution is -0.119. The lowest BCUT2D eigenvalue weighted by atomic mass is 10.1. The molecular weight excluding hydrogens is 325 g/mol. The van der Waals surface area contributed by atoms with E-state index in [4.69, 9.17) is 34.8 Å². The number of hydrogen-bond donors (Lipinski definition) is 1. The van der Waals surface area contributed by atoms with Gasteiger partial charge in [-0.1, -0.05) is 34.8 Å². The molecule has 20 heavy (non-hydrogen) atoms. The summed E-state index contributed by atoms with van der Waals surface area (Å²) in [6.45, 7) is 2.97. The van der Waals surface area contributed by atoms with Crippen LogP contribution in [0.25, 0.3) is 0 Å². The molecule has 106 valence electrons. The number of hydrogen-bond acceptors (Lipinski definition) is 3. The molecule has 1 unspecified atom stereocenters. The smallest absolute Gasteiger partial charge is 0.258 e. The predicted molar refractivity (Wildman–Crippen MR) is 79.4 cm³/mol. The molecule has 0 fully saturated rings. The van der Waals surface area contributed by atoms with Gasteiger partial charge < -0.3 is 5.32 Å². The molecule has 0 saturated heterocycles. The van der Waals surface area contributed by atoms with Crippen LogP contribution in [-0.4, -0.2) is 17.6 Å². The van der Waals surface area contributed by atoms with Gasteiger partial charge in [0.1, 0.15) is 11.5 Å². The lowest BCUT2D eigenvalue weighted by Crippen LogP contribution is -2.33. The van der Waals surface area contributed by atoms with Crippen molar-refractivity contribution in [1.82, 2.24) is 5.32 Å². The molecule has 0 spiro atoms. The molecule has 0 aliphatic carbocycles. The standard InChI is InChI=1S/C12H10Cl3N3O2/c1-5-11(16-6(2)19)17-18(12(5)20)10-8(14)3-7(13)4-9(10)15/h3-5H,1-2H3,(H,16,17,19). The van der Waals surface area contributed by atoms with E-state index < -0.39 is 5.92 Å². The lowest BCUT2D eigenvalue weighted by Gasteiger charge is -2.16. The largest absolute Gasteiger partial charge is 0.312 e. The number of carbonyl (C=O) groups is 2. The SMILES string of the molecule is CC(=O)NC1=NN(c2c(Cl)cc(Cl)cc2Cl)C(=O)C1C. The van der Waals surface area contributed by atoms with E-state index in [9.17, 15) is 9.59 Å². The summed E-state index contributed by atoms with van der Waals surface area (Å²) in [6.07, 6.45) is 0. The van der Waals surface area contributed by atoms with Crippen LogP contribution in [0.3, 0.4) is 0 Å². The maximum Gasteiger partial charge on any atom is 0.258 e. The Labute approximate surface area is 130 Å². The average Bonchev–Trinajstić information content (AvgIpc) is 2.56. The van der Waals surface area contributed by atoms with Crippen molar-refractivity contribution in [1.29, 1.82) is 0 Å². The van der Waals surface area contributed by atoms with E-state index in [0.717, 1.165) is 5.01 Å². The third kappa shape index (κ3) is 2.75. The molecule has 1 aromatic rings. The number of amidine groups is 1. The molecule has 1 aliphatic heterocycles. The zero-order chi connectivity index (χ0) is 15.0. The van der Waals surface area contributed by atoms with Crippen LogP contribution >= 0.6 is 34.8 Å². The summed E-state index contributed by atoms with van der Waals surface area (Å²) < 4.78 is 0. The minimum absolute atomic E-state index is 0.205. The van der Waals surface area contributed by atoms with Gasteiger partial charge >= 0.3 is 0 Å². The highest BCUT2D eigenvalue weighted by Crippen LogP contribution is 2.38. The van der Waals surface area contributed by atoms with E-state index in [1.165, 1.54) is 19.1 Å². The second-order valence-electron chi connectivity index (χ2n) is 4.26. The van der Waals surface area contributed by atoms with Crippen molar-refractivity contribution in [2.75, 3.05) is 5.01 Å². The molecule has 0 saturated carbocycles. The Morgan fingerprint density at radius 3 is 2.35 bits per heavy atom. The van der Waals surface area contributed by atoms with Crippen LogP contribution in [0.15, 0.2) is 17.2 Å². The van der Waals surface area contributed by atoms with Gasteiger partial charge in [0.25, 0.3) is 5.91 Å². The first-order valence-electron chi connectivity index (χ1n) is 5.66. The third-order valence-electron chi connectivity index (χ3n) is 2.69. The molecule has 2 amide bonds. The van der Waals surface area contributed by atoms with Crippen molar-refractivity contribution < 1.29 is 9.59 Å². The van der Waals surface area contributed by atoms with E-state index in [1.54, 1.807) is 6.92 Å². The Bertz CT molecular complexity index is 607. The van der Waals surface area contributed by atoms with Crippen molar-refractivity contribution in [3.05, 3.63) is 27.2 Å². The van der Waals surface area contributed by atoms with E-state index in [2.05, 4.69) is 10.4 Å². The number of amides is 2. The molecule has 1 aromatic carbocycles. The first kappa shape index (κ1) is 15.1. The van der Waals surface area contributed by atoms with Gasteiger partial charge in [0, 0.05) is 11.9 Å². The Morgan fingerprint density at radius 2 is 1.85 bits per heavy atom. The van der Waals surface area contributed by atoms with Gasteiger partial charge in [-0.15, -0.1) is 0 Å². The van der Waals surface area contributed by atoms with Gasteiger partial charge in [-0.25, -0.2) is 0 Å². The zero-order valence-corrected chi connectivity index (χ0v) is 12.8. The van der Waals surface area contributed by atoms with Crippen LogP contribution < -0.4 is 10.3 Å². The molecule has 1 aliphatic rings. The molecule has 0 radical (unpaired) electrons. The number of benzene rings is 1. The number of nitrogens with zero attached hydrogens (tertiary/aromatic N) is 2. The molecule has 1 N–H and O–H groups in total. The number of anilines is 1. The predicted octanol–water partition coefficient (Wildman–Crippen LogP) is 3.08. The molecule has 0 aromatic heterocycles. The monoisotopic (exact) mass is 333 g/mol. The van der Waals surface area contributed by atoms with Crippen LogP contribution in [0.1, 0.15) is 13.8 Å². The average molecular weight is 335 g/mol. The first-order valence-corrected chi connectivity index (χ1v) is 6.79. The van der Waals surface area contributed by atoms with Gasteiger partial charge in [-0.2, -0.15) is 10.1 Å². The van der Waals surface area contributed by atoms with Crippen LogP contribution in [-0.2, 0) is 9.59 Å². The van der Waals surface area contributed by atoms with Gasteiger partial charge in [0.2, 0.25) is 5.91 Å². The quantitative estimate of drug-likeness (QED) is 0.858. The van der Waals surface area contributed by atoms with E-state index >= 15 is 0 Å². The number of hydrazone groups is 1. The molecular formula is C12H10Cl3N3O2. The van der Waals surface area contributed by atoms with Gasteiger partial charge in [0.05, 0.1) is 16.0 Å². The number of halogens is 3. The molecule has 2 rings (SSSR count). The van der Waals surface area contributed by atoms with E-state index in [0.29, 0.717) is 5.02 Å². The molecule has 1 atom stereocenters. The fraction of sp³-hybridized carbons (Fsp3) is 0.250. The molecule has 1 heterocycles. The third-order valence-corrected chi connectivity index (χ3v) is 3.49. The minimum Gasteiger partial charge on any atom is -0.312 e. The van der Waals surface area contributed by atoms with E-state index in [-0.39, 0.29) is 33.4 Å². The fourth-order valence-electron chi connectivity index (χ4n) is 1.75. The summed E-state index contributed by atoms with van der Waals surface area (Å²) >= 11 is 18.0. The van der Waals surface area contributed by atoms with E-state index in [1.807, 2.05) is 0 Å². The highest BCUT2D eigenvalue weighted by Gasteiger charge is 2.35. The summed E-state index contributed by atoms with van der Waals surface area (Å²) in [7, 11) is 0. The Morgan fingerprint density at radius 1 is 1.30 bits per heavy atom. The maximum absolute atomic E-state index is 12.2. The Kier molecular flexibility index (Phi) is 4.22. The molecule has 0 bridgehead atoms. The molecule has 8 heteroatoms. The fourth-order valence-corrected chi connectivity index (χ4v) is 2.73. The highest BCUT2D eigenvalue weighted by molar-refractivity contribution is 6.42. The minimum atomic E-state index is -0.582. The van der Waals surface area contributed by atoms with Crippen molar-refractivity contribution in [3.8, 4) is 0 Å². The summed E-state index contributed by atoms with van der Waals surface area (Å²) in [4.78, 5) is 23.3. The zero-order valence-electron chi connectivity index (χ0n) is 10.6. The van der Waals surface area contributed by atoms with Crippen LogP contribution in [0.4, 0.5) is 5.69 Å². The summed E-state index contributed by atoms with van der Waals surface area (Å²) in [5.41, 5.74) is 0.245. The second-order valence-corrected chi connectivity index (χ2v) is 5.51. The normalized spacial score (nSPS) is 18.2.